The Balaban J connectivity index is 2.29. The maximum atomic E-state index is 12.9. The monoisotopic (exact) mass is 378 g/mol. The van der Waals surface area contributed by atoms with Gasteiger partial charge in [-0.15, -0.1) is 0 Å². The van der Waals surface area contributed by atoms with Gasteiger partial charge in [0.2, 0.25) is 12.7 Å². The summed E-state index contributed by atoms with van der Waals surface area (Å²) in [7, 11) is -1.68. The molecular weight excluding hydrogens is 356 g/mol. The Morgan fingerprint density at radius 1 is 1.31 bits per heavy atom. The number of allylic oxidation sites excluding steroid dienone is 1. The Morgan fingerprint density at radius 3 is 2.58 bits per heavy atom. The molecule has 1 aromatic carbocycles. The van der Waals surface area contributed by atoms with Gasteiger partial charge in [-0.1, -0.05) is 13.5 Å². The van der Waals surface area contributed by atoms with E-state index in [1.807, 2.05) is 6.92 Å². The second-order valence-electron chi connectivity index (χ2n) is 5.86. The third-order valence-corrected chi connectivity index (χ3v) is 4.96. The SMILES string of the molecule is C=C(CC)OCOc1c(C(=O)c2ccc(S(C)(=O)=O)cc2C)cnn1C. The molecule has 0 atom stereocenters. The number of hydrogen-bond donors (Lipinski definition) is 0. The Morgan fingerprint density at radius 2 is 2.00 bits per heavy atom. The highest BCUT2D eigenvalue weighted by Gasteiger charge is 2.22. The first-order chi connectivity index (χ1) is 12.1. The molecule has 0 aliphatic heterocycles. The van der Waals surface area contributed by atoms with Crippen LogP contribution in [-0.2, 0) is 21.6 Å². The van der Waals surface area contributed by atoms with E-state index in [0.29, 0.717) is 23.3 Å². The summed E-state index contributed by atoms with van der Waals surface area (Å²) < 4.78 is 35.6. The number of ketones is 1. The number of hydrogen-bond acceptors (Lipinski definition) is 6. The minimum Gasteiger partial charge on any atom is -0.462 e. The van der Waals surface area contributed by atoms with Gasteiger partial charge in [0, 0.05) is 25.3 Å². The fourth-order valence-electron chi connectivity index (χ4n) is 2.29. The number of rotatable bonds is 8. The number of ether oxygens (including phenoxy) is 2. The number of nitrogens with zero attached hydrogens (tertiary/aromatic N) is 2. The molecule has 1 aromatic heterocycles. The molecule has 7 nitrogen and oxygen atoms in total. The third-order valence-electron chi connectivity index (χ3n) is 3.85. The molecule has 26 heavy (non-hydrogen) atoms. The summed E-state index contributed by atoms with van der Waals surface area (Å²) in [5, 5.41) is 4.06. The summed E-state index contributed by atoms with van der Waals surface area (Å²) in [5.74, 6) is 0.540. The normalized spacial score (nSPS) is 11.2. The van der Waals surface area contributed by atoms with Crippen molar-refractivity contribution in [2.45, 2.75) is 25.2 Å². The van der Waals surface area contributed by atoms with Gasteiger partial charge in [0.25, 0.3) is 0 Å². The van der Waals surface area contributed by atoms with Crippen LogP contribution in [0.1, 0.15) is 34.8 Å². The molecular formula is C18H22N2O5S. The number of aromatic nitrogens is 2. The summed E-state index contributed by atoms with van der Waals surface area (Å²) >= 11 is 0. The van der Waals surface area contributed by atoms with Gasteiger partial charge in [0.1, 0.15) is 5.56 Å². The zero-order chi connectivity index (χ0) is 19.5. The lowest BCUT2D eigenvalue weighted by molar-refractivity contribution is 0.0511. The van der Waals surface area contributed by atoms with Crippen LogP contribution in [0.5, 0.6) is 5.88 Å². The predicted molar refractivity (Wildman–Crippen MR) is 96.9 cm³/mol. The zero-order valence-corrected chi connectivity index (χ0v) is 16.1. The van der Waals surface area contributed by atoms with Crippen molar-refractivity contribution in [3.8, 4) is 5.88 Å². The van der Waals surface area contributed by atoms with Gasteiger partial charge < -0.3 is 9.47 Å². The highest BCUT2D eigenvalue weighted by atomic mass is 32.2. The Labute approximate surface area is 153 Å². The fourth-order valence-corrected chi connectivity index (χ4v) is 3.00. The predicted octanol–water partition coefficient (Wildman–Crippen LogP) is 2.64. The second-order valence-corrected chi connectivity index (χ2v) is 7.88. The Kier molecular flexibility index (Phi) is 5.86. The van der Waals surface area contributed by atoms with Gasteiger partial charge in [-0.3, -0.25) is 4.79 Å². The van der Waals surface area contributed by atoms with Gasteiger partial charge in [-0.25, -0.2) is 13.1 Å². The standard InChI is InChI=1S/C18H22N2O5S/c1-6-13(3)24-11-25-18-16(10-19-20(18)4)17(21)15-8-7-14(9-12(15)2)26(5,22)23/h7-10H,3,6,11H2,1-2,4-5H3. The summed E-state index contributed by atoms with van der Waals surface area (Å²) in [6.45, 7) is 7.23. The van der Waals surface area contributed by atoms with E-state index in [0.717, 1.165) is 6.26 Å². The molecule has 0 fully saturated rings. The van der Waals surface area contributed by atoms with Crippen LogP contribution in [0.2, 0.25) is 0 Å². The molecule has 0 spiro atoms. The summed E-state index contributed by atoms with van der Waals surface area (Å²) in [4.78, 5) is 13.0. The molecule has 0 aliphatic carbocycles. The summed E-state index contributed by atoms with van der Waals surface area (Å²) in [5.41, 5.74) is 1.21. The first-order valence-electron chi connectivity index (χ1n) is 7.96. The van der Waals surface area contributed by atoms with Crippen molar-refractivity contribution in [1.82, 2.24) is 9.78 Å². The van der Waals surface area contributed by atoms with E-state index in [9.17, 15) is 13.2 Å². The van der Waals surface area contributed by atoms with Gasteiger partial charge >= 0.3 is 0 Å². The summed E-state index contributed by atoms with van der Waals surface area (Å²) in [6, 6.07) is 4.40. The molecule has 0 unspecified atom stereocenters. The molecule has 0 amide bonds. The molecule has 0 N–H and O–H groups in total. The number of carbonyl (C=O) groups is 1. The van der Waals surface area contributed by atoms with Crippen molar-refractivity contribution < 1.29 is 22.7 Å². The minimum atomic E-state index is -3.34. The lowest BCUT2D eigenvalue weighted by atomic mass is 10.0. The highest BCUT2D eigenvalue weighted by molar-refractivity contribution is 7.90. The van der Waals surface area contributed by atoms with Crippen molar-refractivity contribution >= 4 is 15.6 Å². The quantitative estimate of drug-likeness (QED) is 0.399. The molecule has 8 heteroatoms. The van der Waals surface area contributed by atoms with Crippen LogP contribution in [0.25, 0.3) is 0 Å². The second kappa shape index (κ2) is 7.74. The van der Waals surface area contributed by atoms with E-state index in [2.05, 4.69) is 11.7 Å². The van der Waals surface area contributed by atoms with E-state index >= 15 is 0 Å². The molecule has 140 valence electrons. The van der Waals surface area contributed by atoms with Crippen molar-refractivity contribution in [3.63, 3.8) is 0 Å². The van der Waals surface area contributed by atoms with Crippen LogP contribution in [0.3, 0.4) is 0 Å². The van der Waals surface area contributed by atoms with Gasteiger partial charge in [-0.05, 0) is 30.7 Å². The molecule has 0 aliphatic rings. The molecule has 1 heterocycles. The maximum Gasteiger partial charge on any atom is 0.232 e. The molecule has 0 saturated carbocycles. The summed E-state index contributed by atoms with van der Waals surface area (Å²) in [6.07, 6.45) is 3.20. The number of carbonyl (C=O) groups excluding carboxylic acids is 1. The van der Waals surface area contributed by atoms with Crippen molar-refractivity contribution in [2.75, 3.05) is 13.0 Å². The number of aryl methyl sites for hydroxylation is 2. The van der Waals surface area contributed by atoms with Crippen LogP contribution < -0.4 is 4.74 Å². The van der Waals surface area contributed by atoms with Gasteiger partial charge in [-0.2, -0.15) is 5.10 Å². The highest BCUT2D eigenvalue weighted by Crippen LogP contribution is 2.24. The van der Waals surface area contributed by atoms with Crippen LogP contribution >= 0.6 is 0 Å². The van der Waals surface area contributed by atoms with E-state index < -0.39 is 9.84 Å². The maximum absolute atomic E-state index is 12.9. The van der Waals surface area contributed by atoms with Crippen molar-refractivity contribution in [2.24, 2.45) is 7.05 Å². The fraction of sp³-hybridized carbons (Fsp3) is 0.333. The Hall–Kier alpha value is -2.61. The minimum absolute atomic E-state index is 0.0848. The first kappa shape index (κ1) is 19.7. The van der Waals surface area contributed by atoms with Crippen molar-refractivity contribution in [3.05, 3.63) is 53.4 Å². The lowest BCUT2D eigenvalue weighted by Crippen LogP contribution is -2.10. The molecule has 2 rings (SSSR count). The van der Waals surface area contributed by atoms with Crippen LogP contribution in [0, 0.1) is 6.92 Å². The van der Waals surface area contributed by atoms with Crippen LogP contribution in [-0.4, -0.2) is 37.0 Å². The molecule has 2 aromatic rings. The largest absolute Gasteiger partial charge is 0.462 e. The smallest absolute Gasteiger partial charge is 0.232 e. The zero-order valence-electron chi connectivity index (χ0n) is 15.3. The number of sulfone groups is 1. The molecule has 0 radical (unpaired) electrons. The first-order valence-corrected chi connectivity index (χ1v) is 9.85. The average molecular weight is 378 g/mol. The van der Waals surface area contributed by atoms with E-state index in [-0.39, 0.29) is 28.9 Å². The van der Waals surface area contributed by atoms with Crippen LogP contribution in [0.15, 0.2) is 41.6 Å². The Bertz CT molecular complexity index is 944. The molecule has 0 saturated heterocycles. The van der Waals surface area contributed by atoms with E-state index in [1.54, 1.807) is 14.0 Å². The lowest BCUT2D eigenvalue weighted by Gasteiger charge is -2.11. The van der Waals surface area contributed by atoms with E-state index in [4.69, 9.17) is 9.47 Å². The third kappa shape index (κ3) is 4.32. The van der Waals surface area contributed by atoms with E-state index in [1.165, 1.54) is 29.1 Å². The topological polar surface area (TPSA) is 87.5 Å². The van der Waals surface area contributed by atoms with Gasteiger partial charge in [0.15, 0.2) is 15.6 Å². The van der Waals surface area contributed by atoms with Crippen molar-refractivity contribution in [1.29, 1.82) is 0 Å². The van der Waals surface area contributed by atoms with Crippen LogP contribution in [0.4, 0.5) is 0 Å². The number of benzene rings is 1. The molecule has 0 bridgehead atoms. The average Bonchev–Trinajstić information content (AvgIpc) is 2.94. The van der Waals surface area contributed by atoms with Gasteiger partial charge in [0.05, 0.1) is 16.9 Å².